The van der Waals surface area contributed by atoms with Gasteiger partial charge in [-0.1, -0.05) is 17.9 Å². The van der Waals surface area contributed by atoms with Gasteiger partial charge < -0.3 is 5.73 Å². The topological polar surface area (TPSA) is 26.0 Å². The Labute approximate surface area is 98.0 Å². The zero-order chi connectivity index (χ0) is 11.1. The van der Waals surface area contributed by atoms with Crippen molar-refractivity contribution in [1.29, 1.82) is 0 Å². The van der Waals surface area contributed by atoms with Crippen molar-refractivity contribution >= 4 is 15.9 Å². The van der Waals surface area contributed by atoms with E-state index < -0.39 is 0 Å². The van der Waals surface area contributed by atoms with Crippen LogP contribution in [0.2, 0.25) is 0 Å². The highest BCUT2D eigenvalue weighted by Crippen LogP contribution is 2.17. The van der Waals surface area contributed by atoms with E-state index in [-0.39, 0.29) is 5.82 Å². The first-order chi connectivity index (χ1) is 7.25. The van der Waals surface area contributed by atoms with E-state index in [4.69, 9.17) is 5.73 Å². The smallest absolute Gasteiger partial charge is 0.152 e. The van der Waals surface area contributed by atoms with Crippen molar-refractivity contribution < 1.29 is 4.39 Å². The lowest BCUT2D eigenvalue weighted by atomic mass is 10.2. The molecule has 0 heterocycles. The average Bonchev–Trinajstić information content (AvgIpc) is 2.24. The van der Waals surface area contributed by atoms with Gasteiger partial charge in [-0.15, -0.1) is 0 Å². The Kier molecular flexibility index (Phi) is 5.38. The van der Waals surface area contributed by atoms with E-state index in [2.05, 4.69) is 27.8 Å². The molecule has 1 rings (SSSR count). The molecule has 0 unspecified atom stereocenters. The third-order valence-corrected chi connectivity index (χ3v) is 2.54. The zero-order valence-electron chi connectivity index (χ0n) is 8.39. The van der Waals surface area contributed by atoms with Crippen LogP contribution in [-0.4, -0.2) is 6.54 Å². The minimum Gasteiger partial charge on any atom is -0.330 e. The molecular formula is C12H13BrFN. The molecule has 0 fully saturated rings. The Bertz CT molecular complexity index is 379. The van der Waals surface area contributed by atoms with Crippen LogP contribution in [-0.2, 0) is 0 Å². The molecule has 2 N–H and O–H groups in total. The number of unbranched alkanes of at least 4 members (excludes halogenated alkanes) is 2. The summed E-state index contributed by atoms with van der Waals surface area (Å²) >= 11 is 3.12. The molecule has 0 aliphatic heterocycles. The van der Waals surface area contributed by atoms with Crippen molar-refractivity contribution in [3.8, 4) is 11.8 Å². The predicted octanol–water partition coefficient (Wildman–Crippen LogP) is 3.07. The molecule has 0 aliphatic rings. The van der Waals surface area contributed by atoms with Crippen molar-refractivity contribution in [2.75, 3.05) is 6.54 Å². The summed E-state index contributed by atoms with van der Waals surface area (Å²) in [4.78, 5) is 0. The maximum absolute atomic E-state index is 13.4. The van der Waals surface area contributed by atoms with E-state index in [0.29, 0.717) is 16.6 Å². The lowest BCUT2D eigenvalue weighted by Gasteiger charge is -1.96. The molecule has 0 saturated heterocycles. The van der Waals surface area contributed by atoms with E-state index in [1.54, 1.807) is 18.2 Å². The van der Waals surface area contributed by atoms with Crippen LogP contribution in [0.25, 0.3) is 0 Å². The Morgan fingerprint density at radius 3 is 2.87 bits per heavy atom. The van der Waals surface area contributed by atoms with Gasteiger partial charge in [0, 0.05) is 6.42 Å². The number of hydrogen-bond donors (Lipinski definition) is 1. The summed E-state index contributed by atoms with van der Waals surface area (Å²) in [5.41, 5.74) is 5.79. The average molecular weight is 270 g/mol. The summed E-state index contributed by atoms with van der Waals surface area (Å²) in [6.45, 7) is 0.687. The predicted molar refractivity (Wildman–Crippen MR) is 63.9 cm³/mol. The summed E-state index contributed by atoms with van der Waals surface area (Å²) in [5.74, 6) is 5.47. The number of hydrogen-bond acceptors (Lipinski definition) is 1. The highest BCUT2D eigenvalue weighted by molar-refractivity contribution is 9.10. The van der Waals surface area contributed by atoms with Crippen LogP contribution in [0.4, 0.5) is 4.39 Å². The Morgan fingerprint density at radius 1 is 1.33 bits per heavy atom. The van der Waals surface area contributed by atoms with Gasteiger partial charge in [0.15, 0.2) is 5.82 Å². The monoisotopic (exact) mass is 269 g/mol. The summed E-state index contributed by atoms with van der Waals surface area (Å²) in [7, 11) is 0. The van der Waals surface area contributed by atoms with Gasteiger partial charge in [-0.25, -0.2) is 4.39 Å². The Balaban J connectivity index is 2.60. The van der Waals surface area contributed by atoms with E-state index in [1.165, 1.54) is 0 Å². The summed E-state index contributed by atoms with van der Waals surface area (Å²) < 4.78 is 13.9. The van der Waals surface area contributed by atoms with Crippen LogP contribution in [0.3, 0.4) is 0 Å². The number of benzene rings is 1. The Hall–Kier alpha value is -0.850. The molecular weight excluding hydrogens is 257 g/mol. The summed E-state index contributed by atoms with van der Waals surface area (Å²) in [6, 6.07) is 5.11. The molecule has 0 spiro atoms. The third-order valence-electron chi connectivity index (χ3n) is 1.93. The fourth-order valence-corrected chi connectivity index (χ4v) is 1.48. The van der Waals surface area contributed by atoms with Crippen molar-refractivity contribution in [2.24, 2.45) is 5.73 Å². The Morgan fingerprint density at radius 2 is 2.13 bits per heavy atom. The van der Waals surface area contributed by atoms with Crippen LogP contribution in [0.1, 0.15) is 24.8 Å². The summed E-state index contributed by atoms with van der Waals surface area (Å²) in [5, 5.41) is 0. The highest BCUT2D eigenvalue weighted by Gasteiger charge is 2.01. The van der Waals surface area contributed by atoms with Gasteiger partial charge in [0.25, 0.3) is 0 Å². The van der Waals surface area contributed by atoms with Gasteiger partial charge in [-0.05, 0) is 47.4 Å². The van der Waals surface area contributed by atoms with Gasteiger partial charge in [-0.3, -0.25) is 0 Å². The minimum atomic E-state index is -0.288. The molecule has 0 saturated carbocycles. The molecule has 0 atom stereocenters. The van der Waals surface area contributed by atoms with E-state index in [9.17, 15) is 4.39 Å². The first-order valence-electron chi connectivity index (χ1n) is 4.88. The second-order valence-electron chi connectivity index (χ2n) is 3.15. The lowest BCUT2D eigenvalue weighted by molar-refractivity contribution is 0.617. The van der Waals surface area contributed by atoms with Crippen LogP contribution in [0.5, 0.6) is 0 Å². The molecule has 1 nitrogen and oxygen atoms in total. The van der Waals surface area contributed by atoms with Crippen LogP contribution >= 0.6 is 15.9 Å². The number of nitrogens with two attached hydrogens (primary N) is 1. The fourth-order valence-electron chi connectivity index (χ4n) is 1.12. The normalized spacial score (nSPS) is 9.53. The lowest BCUT2D eigenvalue weighted by Crippen LogP contribution is -1.97. The molecule has 80 valence electrons. The molecule has 0 bridgehead atoms. The molecule has 0 amide bonds. The van der Waals surface area contributed by atoms with Crippen LogP contribution < -0.4 is 5.73 Å². The quantitative estimate of drug-likeness (QED) is 0.663. The molecule has 1 aromatic rings. The van der Waals surface area contributed by atoms with Crippen molar-refractivity contribution in [1.82, 2.24) is 0 Å². The summed E-state index contributed by atoms with van der Waals surface area (Å²) in [6.07, 6.45) is 2.71. The first kappa shape index (κ1) is 12.2. The second-order valence-corrected chi connectivity index (χ2v) is 4.00. The standard InChI is InChI=1S/C12H13BrFN/c13-11-8-5-7-10(12(11)14)6-3-1-2-4-9-15/h5,7-8H,1-2,4,9,15H2. The van der Waals surface area contributed by atoms with E-state index >= 15 is 0 Å². The van der Waals surface area contributed by atoms with E-state index in [0.717, 1.165) is 19.3 Å². The fraction of sp³-hybridized carbons (Fsp3) is 0.333. The number of rotatable bonds is 3. The molecule has 0 radical (unpaired) electrons. The van der Waals surface area contributed by atoms with Gasteiger partial charge in [0.05, 0.1) is 10.0 Å². The van der Waals surface area contributed by atoms with Crippen molar-refractivity contribution in [3.05, 3.63) is 34.1 Å². The van der Waals surface area contributed by atoms with Crippen LogP contribution in [0, 0.1) is 17.7 Å². The van der Waals surface area contributed by atoms with Crippen molar-refractivity contribution in [2.45, 2.75) is 19.3 Å². The van der Waals surface area contributed by atoms with Crippen LogP contribution in [0.15, 0.2) is 22.7 Å². The zero-order valence-corrected chi connectivity index (χ0v) is 9.98. The van der Waals surface area contributed by atoms with Gasteiger partial charge in [-0.2, -0.15) is 0 Å². The van der Waals surface area contributed by atoms with Crippen molar-refractivity contribution in [3.63, 3.8) is 0 Å². The minimum absolute atomic E-state index is 0.288. The first-order valence-corrected chi connectivity index (χ1v) is 5.68. The van der Waals surface area contributed by atoms with Gasteiger partial charge >= 0.3 is 0 Å². The number of halogens is 2. The molecule has 0 aliphatic carbocycles. The SMILES string of the molecule is NCCCCC#Cc1cccc(Br)c1F. The molecule has 1 aromatic carbocycles. The highest BCUT2D eigenvalue weighted by atomic mass is 79.9. The maximum atomic E-state index is 13.4. The molecule has 3 heteroatoms. The van der Waals surface area contributed by atoms with Gasteiger partial charge in [0.2, 0.25) is 0 Å². The third kappa shape index (κ3) is 4.03. The van der Waals surface area contributed by atoms with E-state index in [1.807, 2.05) is 0 Å². The largest absolute Gasteiger partial charge is 0.330 e. The van der Waals surface area contributed by atoms with Gasteiger partial charge in [0.1, 0.15) is 0 Å². The molecule has 15 heavy (non-hydrogen) atoms. The second kappa shape index (κ2) is 6.60. The molecule has 0 aromatic heterocycles. The maximum Gasteiger partial charge on any atom is 0.152 e.